The first kappa shape index (κ1) is 18.3. The van der Waals surface area contributed by atoms with Crippen molar-refractivity contribution in [1.29, 1.82) is 0 Å². The van der Waals surface area contributed by atoms with Crippen LogP contribution in [-0.2, 0) is 4.79 Å². The van der Waals surface area contributed by atoms with E-state index in [0.29, 0.717) is 33.6 Å². The van der Waals surface area contributed by atoms with Crippen molar-refractivity contribution in [3.63, 3.8) is 0 Å². The molecule has 0 saturated heterocycles. The van der Waals surface area contributed by atoms with Crippen LogP contribution in [0.4, 0.5) is 5.82 Å². The monoisotopic (exact) mass is 401 g/mol. The fraction of sp³-hybridized carbons (Fsp3) is 0.350. The molecule has 1 aromatic carbocycles. The van der Waals surface area contributed by atoms with E-state index in [1.54, 1.807) is 12.1 Å². The van der Waals surface area contributed by atoms with Crippen LogP contribution in [0.1, 0.15) is 43.7 Å². The molecule has 1 aliphatic carbocycles. The van der Waals surface area contributed by atoms with Gasteiger partial charge in [-0.2, -0.15) is 0 Å². The van der Waals surface area contributed by atoms with E-state index in [9.17, 15) is 9.59 Å². The van der Waals surface area contributed by atoms with Crippen molar-refractivity contribution in [2.24, 2.45) is 5.41 Å². The Morgan fingerprint density at radius 1 is 1.19 bits per heavy atom. The summed E-state index contributed by atoms with van der Waals surface area (Å²) in [7, 11) is 0. The van der Waals surface area contributed by atoms with Crippen LogP contribution >= 0.6 is 23.4 Å². The molecule has 140 valence electrons. The maximum absolute atomic E-state index is 13.1. The minimum atomic E-state index is -0.440. The van der Waals surface area contributed by atoms with Crippen molar-refractivity contribution in [3.05, 3.63) is 62.0 Å². The number of nitrogens with zero attached hydrogens (tertiary/aromatic N) is 1. The number of carbonyl (C=O) groups is 1. The maximum atomic E-state index is 13.1. The second-order valence-corrected chi connectivity index (χ2v) is 9.01. The number of fused-ring (bicyclic) bond motifs is 1. The Bertz CT molecular complexity index is 1020. The lowest BCUT2D eigenvalue weighted by atomic mass is 9.69. The van der Waals surface area contributed by atoms with Gasteiger partial charge < -0.3 is 10.3 Å². The van der Waals surface area contributed by atoms with Crippen LogP contribution in [0.15, 0.2) is 45.5 Å². The highest BCUT2D eigenvalue weighted by Crippen LogP contribution is 2.47. The van der Waals surface area contributed by atoms with Gasteiger partial charge in [-0.05, 0) is 35.8 Å². The summed E-state index contributed by atoms with van der Waals surface area (Å²) in [5.41, 5.74) is 2.55. The normalized spacial score (nSPS) is 20.7. The molecule has 5 nitrogen and oxygen atoms in total. The van der Waals surface area contributed by atoms with E-state index >= 15 is 0 Å². The van der Waals surface area contributed by atoms with E-state index in [1.807, 2.05) is 18.4 Å². The lowest BCUT2D eigenvalue weighted by Gasteiger charge is -2.38. The zero-order valence-corrected chi connectivity index (χ0v) is 16.9. The van der Waals surface area contributed by atoms with Gasteiger partial charge >= 0.3 is 0 Å². The minimum Gasteiger partial charge on any atom is -0.343 e. The largest absolute Gasteiger partial charge is 0.343 e. The van der Waals surface area contributed by atoms with Crippen molar-refractivity contribution in [3.8, 4) is 0 Å². The number of thioether (sulfide) groups is 1. The highest BCUT2D eigenvalue weighted by molar-refractivity contribution is 7.98. The standard InChI is InChI=1S/C20H20ClN3O2S/c1-20(2)8-12-15(13(25)9-20)14(10-4-6-11(21)7-5-10)16-17(22-12)23-19(27-3)24-18(16)26/h4-7,14H,8-9H2,1-3H3,(H2,22,23,24,26). The molecule has 0 spiro atoms. The van der Waals surface area contributed by atoms with Gasteiger partial charge in [-0.25, -0.2) is 4.98 Å². The van der Waals surface area contributed by atoms with E-state index < -0.39 is 5.92 Å². The first-order chi connectivity index (χ1) is 12.8. The predicted octanol–water partition coefficient (Wildman–Crippen LogP) is 4.35. The highest BCUT2D eigenvalue weighted by Gasteiger charge is 2.42. The first-order valence-corrected chi connectivity index (χ1v) is 10.4. The Balaban J connectivity index is 1.97. The fourth-order valence-corrected chi connectivity index (χ4v) is 4.48. The Hall–Kier alpha value is -2.05. The zero-order chi connectivity index (χ0) is 19.3. The van der Waals surface area contributed by atoms with Gasteiger partial charge in [0, 0.05) is 28.6 Å². The number of nitrogens with one attached hydrogen (secondary N) is 2. The molecule has 0 radical (unpaired) electrons. The molecule has 2 aliphatic rings. The molecule has 1 aliphatic heterocycles. The average molecular weight is 402 g/mol. The number of rotatable bonds is 2. The van der Waals surface area contributed by atoms with Crippen LogP contribution in [0.25, 0.3) is 0 Å². The summed E-state index contributed by atoms with van der Waals surface area (Å²) in [5.74, 6) is 0.171. The van der Waals surface area contributed by atoms with Crippen LogP contribution in [0.5, 0.6) is 0 Å². The van der Waals surface area contributed by atoms with Gasteiger partial charge in [0.05, 0.1) is 5.56 Å². The Labute approximate surface area is 166 Å². The lowest BCUT2D eigenvalue weighted by Crippen LogP contribution is -2.37. The maximum Gasteiger partial charge on any atom is 0.257 e. The van der Waals surface area contributed by atoms with Crippen LogP contribution < -0.4 is 10.9 Å². The summed E-state index contributed by atoms with van der Waals surface area (Å²) in [6.45, 7) is 4.17. The first-order valence-electron chi connectivity index (χ1n) is 8.76. The van der Waals surface area contributed by atoms with Gasteiger partial charge in [-0.15, -0.1) is 0 Å². The van der Waals surface area contributed by atoms with Crippen LogP contribution in [0, 0.1) is 5.41 Å². The molecule has 2 heterocycles. The zero-order valence-electron chi connectivity index (χ0n) is 15.4. The Morgan fingerprint density at radius 2 is 1.89 bits per heavy atom. The predicted molar refractivity (Wildman–Crippen MR) is 109 cm³/mol. The van der Waals surface area contributed by atoms with Crippen molar-refractivity contribution in [2.75, 3.05) is 11.6 Å². The molecule has 0 bridgehead atoms. The number of carbonyl (C=O) groups excluding carboxylic acids is 1. The number of benzene rings is 1. The number of H-pyrrole nitrogens is 1. The molecule has 0 amide bonds. The molecule has 0 saturated carbocycles. The second-order valence-electron chi connectivity index (χ2n) is 7.78. The van der Waals surface area contributed by atoms with Crippen LogP contribution in [0.2, 0.25) is 5.02 Å². The summed E-state index contributed by atoms with van der Waals surface area (Å²) < 4.78 is 0. The minimum absolute atomic E-state index is 0.0766. The number of allylic oxidation sites excluding steroid dienone is 2. The molecule has 1 atom stereocenters. The third-order valence-corrected chi connectivity index (χ3v) is 5.93. The van der Waals surface area contributed by atoms with Gasteiger partial charge in [0.2, 0.25) is 0 Å². The smallest absolute Gasteiger partial charge is 0.257 e. The van der Waals surface area contributed by atoms with Gasteiger partial charge in [0.25, 0.3) is 5.56 Å². The number of Topliss-reactive ketones (excluding diaryl/α,β-unsaturated/α-hetero) is 1. The van der Waals surface area contributed by atoms with Crippen molar-refractivity contribution in [1.82, 2.24) is 9.97 Å². The summed E-state index contributed by atoms with van der Waals surface area (Å²) in [6, 6.07) is 7.32. The van der Waals surface area contributed by atoms with Crippen LogP contribution in [0.3, 0.4) is 0 Å². The fourth-order valence-electron chi connectivity index (χ4n) is 3.98. The molecular weight excluding hydrogens is 382 g/mol. The number of halogens is 1. The van der Waals surface area contributed by atoms with Gasteiger partial charge in [0.15, 0.2) is 10.9 Å². The van der Waals surface area contributed by atoms with Crippen molar-refractivity contribution >= 4 is 35.0 Å². The number of aromatic nitrogens is 2. The molecule has 2 aromatic rings. The number of ketones is 1. The Morgan fingerprint density at radius 3 is 2.56 bits per heavy atom. The summed E-state index contributed by atoms with van der Waals surface area (Å²) in [6.07, 6.45) is 3.06. The molecule has 7 heteroatoms. The summed E-state index contributed by atoms with van der Waals surface area (Å²) >= 11 is 7.43. The van der Waals surface area contributed by atoms with E-state index in [0.717, 1.165) is 17.7 Å². The highest BCUT2D eigenvalue weighted by atomic mass is 35.5. The number of anilines is 1. The molecule has 27 heavy (non-hydrogen) atoms. The molecule has 2 N–H and O–H groups in total. The molecule has 0 fully saturated rings. The summed E-state index contributed by atoms with van der Waals surface area (Å²) in [5, 5.41) is 4.46. The van der Waals surface area contributed by atoms with E-state index in [2.05, 4.69) is 29.1 Å². The average Bonchev–Trinajstić information content (AvgIpc) is 2.59. The summed E-state index contributed by atoms with van der Waals surface area (Å²) in [4.78, 5) is 33.4. The van der Waals surface area contributed by atoms with Crippen molar-refractivity contribution < 1.29 is 4.79 Å². The molecular formula is C20H20ClN3O2S. The van der Waals surface area contributed by atoms with Gasteiger partial charge in [0.1, 0.15) is 5.82 Å². The molecule has 1 unspecified atom stereocenters. The third kappa shape index (κ3) is 3.21. The van der Waals surface area contributed by atoms with Gasteiger partial charge in [-0.3, -0.25) is 9.59 Å². The van der Waals surface area contributed by atoms with Gasteiger partial charge in [-0.1, -0.05) is 49.3 Å². The molecule has 4 rings (SSSR count). The topological polar surface area (TPSA) is 74.8 Å². The third-order valence-electron chi connectivity index (χ3n) is 5.10. The molecule has 1 aromatic heterocycles. The van der Waals surface area contributed by atoms with E-state index in [1.165, 1.54) is 11.8 Å². The number of aromatic amines is 1. The number of hydrogen-bond acceptors (Lipinski definition) is 5. The number of hydrogen-bond donors (Lipinski definition) is 2. The quantitative estimate of drug-likeness (QED) is 0.578. The van der Waals surface area contributed by atoms with E-state index in [4.69, 9.17) is 11.6 Å². The SMILES string of the molecule is CSc1nc2c(c(=O)[nH]1)C(c1ccc(Cl)cc1)C1=C(CC(C)(C)CC1=O)N2. The Kier molecular flexibility index (Phi) is 4.43. The van der Waals surface area contributed by atoms with Crippen molar-refractivity contribution in [2.45, 2.75) is 37.8 Å². The van der Waals surface area contributed by atoms with E-state index in [-0.39, 0.29) is 16.8 Å². The van der Waals surface area contributed by atoms with Crippen LogP contribution in [-0.4, -0.2) is 22.0 Å². The lowest BCUT2D eigenvalue weighted by molar-refractivity contribution is -0.118. The second kappa shape index (κ2) is 6.53.